The fraction of sp³-hybridized carbons (Fsp3) is 0.226. The first-order valence-corrected chi connectivity index (χ1v) is 12.1. The van der Waals surface area contributed by atoms with Crippen LogP contribution in [0.2, 0.25) is 0 Å². The SMILES string of the molecule is CC1(C)OCC(COC(=O)c2ccc(C(c3ccccc3)(c3ccccc3)c3ccccc3)cn2)O1. The minimum absolute atomic E-state index is 0.119. The van der Waals surface area contributed by atoms with Gasteiger partial charge in [0.15, 0.2) is 5.79 Å². The van der Waals surface area contributed by atoms with Crippen molar-refractivity contribution in [3.05, 3.63) is 137 Å². The third kappa shape index (κ3) is 4.68. The minimum Gasteiger partial charge on any atom is -0.458 e. The van der Waals surface area contributed by atoms with Gasteiger partial charge in [0.25, 0.3) is 0 Å². The largest absolute Gasteiger partial charge is 0.458 e. The molecule has 182 valence electrons. The molecule has 1 atom stereocenters. The summed E-state index contributed by atoms with van der Waals surface area (Å²) in [6, 6.07) is 34.8. The van der Waals surface area contributed by atoms with Crippen LogP contribution in [0.5, 0.6) is 0 Å². The second kappa shape index (κ2) is 10.1. The van der Waals surface area contributed by atoms with Crippen molar-refractivity contribution in [2.24, 2.45) is 0 Å². The molecule has 1 aliphatic rings. The number of benzene rings is 3. The van der Waals surface area contributed by atoms with Gasteiger partial charge in [0, 0.05) is 6.20 Å². The lowest BCUT2D eigenvalue weighted by Gasteiger charge is -2.36. The Bertz CT molecular complexity index is 1190. The van der Waals surface area contributed by atoms with Crippen LogP contribution in [0.4, 0.5) is 0 Å². The number of carbonyl (C=O) groups excluding carboxylic acids is 1. The number of carbonyl (C=O) groups is 1. The van der Waals surface area contributed by atoms with E-state index in [4.69, 9.17) is 14.2 Å². The Labute approximate surface area is 211 Å². The summed E-state index contributed by atoms with van der Waals surface area (Å²) in [6.07, 6.45) is 1.49. The van der Waals surface area contributed by atoms with Crippen molar-refractivity contribution < 1.29 is 19.0 Å². The average Bonchev–Trinajstić information content (AvgIpc) is 3.28. The van der Waals surface area contributed by atoms with E-state index in [9.17, 15) is 4.79 Å². The molecule has 1 fully saturated rings. The lowest BCUT2D eigenvalue weighted by Crippen LogP contribution is -2.31. The van der Waals surface area contributed by atoms with E-state index < -0.39 is 17.2 Å². The molecule has 0 amide bonds. The molecule has 1 unspecified atom stereocenters. The highest BCUT2D eigenvalue weighted by atomic mass is 16.7. The van der Waals surface area contributed by atoms with E-state index in [1.54, 1.807) is 12.3 Å². The van der Waals surface area contributed by atoms with Crippen molar-refractivity contribution in [3.63, 3.8) is 0 Å². The average molecular weight is 480 g/mol. The molecule has 0 aliphatic carbocycles. The molecule has 0 bridgehead atoms. The molecular formula is C31H29NO4. The Morgan fingerprint density at radius 3 is 1.78 bits per heavy atom. The fourth-order valence-electron chi connectivity index (χ4n) is 4.89. The van der Waals surface area contributed by atoms with Gasteiger partial charge in [0.05, 0.1) is 12.0 Å². The Balaban J connectivity index is 1.51. The zero-order chi connectivity index (χ0) is 25.0. The highest BCUT2D eigenvalue weighted by Crippen LogP contribution is 2.44. The minimum atomic E-state index is -0.660. The molecule has 0 saturated carbocycles. The number of aromatic nitrogens is 1. The summed E-state index contributed by atoms with van der Waals surface area (Å²) in [5.74, 6) is -1.15. The number of ether oxygens (including phenoxy) is 3. The third-order valence-corrected chi connectivity index (χ3v) is 6.49. The summed E-state index contributed by atoms with van der Waals surface area (Å²) < 4.78 is 16.7. The fourth-order valence-corrected chi connectivity index (χ4v) is 4.89. The van der Waals surface area contributed by atoms with Crippen LogP contribution in [-0.2, 0) is 19.6 Å². The van der Waals surface area contributed by atoms with Gasteiger partial charge < -0.3 is 14.2 Å². The van der Waals surface area contributed by atoms with E-state index in [-0.39, 0.29) is 18.4 Å². The Morgan fingerprint density at radius 1 is 0.833 bits per heavy atom. The van der Waals surface area contributed by atoms with Gasteiger partial charge >= 0.3 is 5.97 Å². The van der Waals surface area contributed by atoms with Gasteiger partial charge in [-0.25, -0.2) is 9.78 Å². The predicted octanol–water partition coefficient (Wildman–Crippen LogP) is 5.77. The van der Waals surface area contributed by atoms with Crippen LogP contribution >= 0.6 is 0 Å². The van der Waals surface area contributed by atoms with E-state index in [1.807, 2.05) is 74.5 Å². The van der Waals surface area contributed by atoms with Crippen LogP contribution in [0.1, 0.15) is 46.6 Å². The van der Waals surface area contributed by atoms with Gasteiger partial charge in [0.1, 0.15) is 18.4 Å². The van der Waals surface area contributed by atoms with Crippen molar-refractivity contribution in [2.75, 3.05) is 13.2 Å². The van der Waals surface area contributed by atoms with E-state index in [2.05, 4.69) is 41.4 Å². The molecule has 5 rings (SSSR count). The van der Waals surface area contributed by atoms with Crippen LogP contribution < -0.4 is 0 Å². The lowest BCUT2D eigenvalue weighted by atomic mass is 9.65. The highest BCUT2D eigenvalue weighted by molar-refractivity contribution is 5.87. The maximum atomic E-state index is 12.8. The van der Waals surface area contributed by atoms with Crippen molar-refractivity contribution >= 4 is 5.97 Å². The summed E-state index contributed by atoms with van der Waals surface area (Å²) in [5.41, 5.74) is 3.93. The number of rotatable bonds is 7. The van der Waals surface area contributed by atoms with Gasteiger partial charge in [-0.1, -0.05) is 97.1 Å². The smallest absolute Gasteiger partial charge is 0.357 e. The molecule has 4 aromatic rings. The topological polar surface area (TPSA) is 57.7 Å². The van der Waals surface area contributed by atoms with Crippen molar-refractivity contribution in [1.82, 2.24) is 4.98 Å². The van der Waals surface area contributed by atoms with E-state index in [1.165, 1.54) is 0 Å². The molecule has 0 radical (unpaired) electrons. The first-order valence-electron chi connectivity index (χ1n) is 12.1. The van der Waals surface area contributed by atoms with Crippen LogP contribution in [0.3, 0.4) is 0 Å². The molecule has 2 heterocycles. The summed E-state index contributed by atoms with van der Waals surface area (Å²) in [7, 11) is 0. The number of hydrogen-bond donors (Lipinski definition) is 0. The van der Waals surface area contributed by atoms with E-state index in [0.717, 1.165) is 22.3 Å². The highest BCUT2D eigenvalue weighted by Gasteiger charge is 2.39. The van der Waals surface area contributed by atoms with Gasteiger partial charge in [-0.05, 0) is 42.2 Å². The Hall–Kier alpha value is -3.80. The predicted molar refractivity (Wildman–Crippen MR) is 138 cm³/mol. The summed E-state index contributed by atoms with van der Waals surface area (Å²) >= 11 is 0. The Kier molecular flexibility index (Phi) is 6.68. The zero-order valence-corrected chi connectivity index (χ0v) is 20.5. The van der Waals surface area contributed by atoms with Crippen LogP contribution in [-0.4, -0.2) is 36.1 Å². The van der Waals surface area contributed by atoms with Crippen molar-refractivity contribution in [3.8, 4) is 0 Å². The normalized spacial score (nSPS) is 17.0. The molecule has 0 N–H and O–H groups in total. The van der Waals surface area contributed by atoms with Gasteiger partial charge in [-0.2, -0.15) is 0 Å². The van der Waals surface area contributed by atoms with Gasteiger partial charge in [0.2, 0.25) is 0 Å². The second-order valence-electron chi connectivity index (χ2n) is 9.33. The number of pyridine rings is 1. The lowest BCUT2D eigenvalue weighted by molar-refractivity contribution is -0.142. The van der Waals surface area contributed by atoms with Crippen LogP contribution in [0, 0.1) is 0 Å². The van der Waals surface area contributed by atoms with E-state index >= 15 is 0 Å². The van der Waals surface area contributed by atoms with Crippen molar-refractivity contribution in [1.29, 1.82) is 0 Å². The zero-order valence-electron chi connectivity index (χ0n) is 20.5. The molecule has 0 spiro atoms. The first kappa shape index (κ1) is 23.9. The van der Waals surface area contributed by atoms with Crippen molar-refractivity contribution in [2.45, 2.75) is 31.2 Å². The third-order valence-electron chi connectivity index (χ3n) is 6.49. The van der Waals surface area contributed by atoms with Crippen LogP contribution in [0.15, 0.2) is 109 Å². The molecular weight excluding hydrogens is 450 g/mol. The molecule has 5 nitrogen and oxygen atoms in total. The second-order valence-corrected chi connectivity index (χ2v) is 9.33. The molecule has 36 heavy (non-hydrogen) atoms. The summed E-state index contributed by atoms with van der Waals surface area (Å²) in [5, 5.41) is 0. The van der Waals surface area contributed by atoms with Gasteiger partial charge in [-0.15, -0.1) is 0 Å². The standard InChI is InChI=1S/C31H29NO4/c1-30(2)35-22-27(36-30)21-34-29(33)28-19-18-26(20-32-28)31(23-12-6-3-7-13-23,24-14-8-4-9-15-24)25-16-10-5-11-17-25/h3-20,27H,21-22H2,1-2H3. The van der Waals surface area contributed by atoms with Crippen LogP contribution in [0.25, 0.3) is 0 Å². The maximum Gasteiger partial charge on any atom is 0.357 e. The number of hydrogen-bond acceptors (Lipinski definition) is 5. The first-order chi connectivity index (χ1) is 17.5. The van der Waals surface area contributed by atoms with Gasteiger partial charge in [-0.3, -0.25) is 0 Å². The quantitative estimate of drug-likeness (QED) is 0.249. The summed E-state index contributed by atoms with van der Waals surface area (Å²) in [4.78, 5) is 17.3. The molecule has 1 saturated heterocycles. The maximum absolute atomic E-state index is 12.8. The van der Waals surface area contributed by atoms with E-state index in [0.29, 0.717) is 6.61 Å². The molecule has 1 aliphatic heterocycles. The summed E-state index contributed by atoms with van der Waals surface area (Å²) in [6.45, 7) is 4.19. The molecule has 1 aromatic heterocycles. The monoisotopic (exact) mass is 479 g/mol. The number of nitrogens with zero attached hydrogens (tertiary/aromatic N) is 1. The Morgan fingerprint density at radius 2 is 1.36 bits per heavy atom. The number of esters is 1. The molecule has 5 heteroatoms. The molecule has 3 aromatic carbocycles.